The summed E-state index contributed by atoms with van der Waals surface area (Å²) in [6, 6.07) is 7.67. The zero-order chi connectivity index (χ0) is 18.4. The number of nitriles is 1. The third-order valence-electron chi connectivity index (χ3n) is 3.36. The molecule has 8 heteroatoms. The molecule has 0 bridgehead atoms. The number of thiophene rings is 1. The zero-order valence-corrected chi connectivity index (χ0v) is 17.0. The first kappa shape index (κ1) is 19.3. The van der Waals surface area contributed by atoms with Crippen molar-refractivity contribution in [1.29, 1.82) is 5.26 Å². The number of anilines is 1. The van der Waals surface area contributed by atoms with Crippen molar-refractivity contribution in [2.45, 2.75) is 13.5 Å². The maximum Gasteiger partial charge on any atom is 0.349 e. The number of esters is 1. The van der Waals surface area contributed by atoms with Crippen molar-refractivity contribution in [3.63, 3.8) is 0 Å². The minimum absolute atomic E-state index is 0.292. The van der Waals surface area contributed by atoms with Crippen molar-refractivity contribution in [1.82, 2.24) is 0 Å². The third kappa shape index (κ3) is 4.35. The number of nitrogens with zero attached hydrogens (tertiary/aromatic N) is 1. The van der Waals surface area contributed by atoms with Crippen molar-refractivity contribution >= 4 is 44.9 Å². The van der Waals surface area contributed by atoms with Gasteiger partial charge in [0.1, 0.15) is 33.0 Å². The van der Waals surface area contributed by atoms with Crippen LogP contribution >= 0.6 is 33.9 Å². The molecule has 0 fully saturated rings. The Hall–Kier alpha value is -1.99. The molecule has 0 amide bonds. The summed E-state index contributed by atoms with van der Waals surface area (Å²) < 4.78 is 16.2. The van der Waals surface area contributed by atoms with Crippen LogP contribution < -0.4 is 14.8 Å². The molecule has 0 unspecified atom stereocenters. The highest BCUT2D eigenvalue weighted by Gasteiger charge is 2.22. The van der Waals surface area contributed by atoms with Crippen LogP contribution in [0, 0.1) is 14.9 Å². The summed E-state index contributed by atoms with van der Waals surface area (Å²) in [5, 5.41) is 13.3. The van der Waals surface area contributed by atoms with E-state index < -0.39 is 5.97 Å². The zero-order valence-electron chi connectivity index (χ0n) is 14.0. The predicted molar refractivity (Wildman–Crippen MR) is 105 cm³/mol. The Morgan fingerprint density at radius 1 is 1.36 bits per heavy atom. The van der Waals surface area contributed by atoms with Crippen LogP contribution in [0.2, 0.25) is 0 Å². The molecule has 0 aliphatic carbocycles. The van der Waals surface area contributed by atoms with Crippen molar-refractivity contribution in [2.75, 3.05) is 26.1 Å². The molecule has 6 nitrogen and oxygen atoms in total. The molecule has 0 radical (unpaired) electrons. The first-order valence-corrected chi connectivity index (χ1v) is 9.29. The Labute approximate surface area is 163 Å². The highest BCUT2D eigenvalue weighted by atomic mass is 127. The molecule has 1 N–H and O–H groups in total. The fraction of sp³-hybridized carbons (Fsp3) is 0.294. The van der Waals surface area contributed by atoms with Crippen LogP contribution in [0.25, 0.3) is 0 Å². The minimum Gasteiger partial charge on any atom is -0.497 e. The first-order valence-electron chi connectivity index (χ1n) is 7.39. The molecule has 0 spiro atoms. The molecule has 2 rings (SSSR count). The standard InChI is InChI=1S/C17H17IN2O4S/c1-4-24-17(21)15-14(18)12(8-19)16(25-15)20-9-10-5-6-11(22-2)7-13(10)23-3/h5-7,20H,4,9H2,1-3H3. The van der Waals surface area contributed by atoms with Gasteiger partial charge in [0, 0.05) is 18.2 Å². The van der Waals surface area contributed by atoms with E-state index in [4.69, 9.17) is 14.2 Å². The third-order valence-corrected chi connectivity index (χ3v) is 5.93. The van der Waals surface area contributed by atoms with Crippen molar-refractivity contribution in [2.24, 2.45) is 0 Å². The van der Waals surface area contributed by atoms with Crippen LogP contribution in [-0.4, -0.2) is 26.8 Å². The molecular weight excluding hydrogens is 455 g/mol. The Kier molecular flexibility index (Phi) is 6.90. The van der Waals surface area contributed by atoms with E-state index in [1.165, 1.54) is 11.3 Å². The molecular formula is C17H17IN2O4S. The van der Waals surface area contributed by atoms with Gasteiger partial charge in [-0.05, 0) is 41.6 Å². The number of carbonyl (C=O) groups is 1. The molecule has 25 heavy (non-hydrogen) atoms. The Morgan fingerprint density at radius 3 is 2.72 bits per heavy atom. The van der Waals surface area contributed by atoms with E-state index in [1.807, 2.05) is 34.7 Å². The number of halogens is 1. The summed E-state index contributed by atoms with van der Waals surface area (Å²) in [5.41, 5.74) is 1.36. The maximum absolute atomic E-state index is 12.0. The number of methoxy groups -OCH3 is 2. The van der Waals surface area contributed by atoms with Gasteiger partial charge in [0.05, 0.1) is 24.4 Å². The number of benzene rings is 1. The summed E-state index contributed by atoms with van der Waals surface area (Å²) in [4.78, 5) is 12.4. The monoisotopic (exact) mass is 472 g/mol. The predicted octanol–water partition coefficient (Wildman–Crippen LogP) is 4.03. The fourth-order valence-corrected chi connectivity index (χ4v) is 4.19. The lowest BCUT2D eigenvalue weighted by atomic mass is 10.2. The van der Waals surface area contributed by atoms with Crippen LogP contribution in [0.4, 0.5) is 5.00 Å². The first-order chi connectivity index (χ1) is 12.0. The van der Waals surface area contributed by atoms with Crippen LogP contribution in [-0.2, 0) is 11.3 Å². The van der Waals surface area contributed by atoms with Gasteiger partial charge in [-0.15, -0.1) is 11.3 Å². The number of hydrogen-bond acceptors (Lipinski definition) is 7. The second-order valence-electron chi connectivity index (χ2n) is 4.81. The van der Waals surface area contributed by atoms with Gasteiger partial charge in [0.2, 0.25) is 0 Å². The molecule has 0 aliphatic rings. The molecule has 0 saturated heterocycles. The molecule has 132 valence electrons. The number of ether oxygens (including phenoxy) is 3. The van der Waals surface area contributed by atoms with Gasteiger partial charge in [-0.1, -0.05) is 0 Å². The van der Waals surface area contributed by atoms with E-state index in [1.54, 1.807) is 27.2 Å². The maximum atomic E-state index is 12.0. The summed E-state index contributed by atoms with van der Waals surface area (Å²) in [6.45, 7) is 2.49. The minimum atomic E-state index is -0.413. The van der Waals surface area contributed by atoms with Gasteiger partial charge in [-0.25, -0.2) is 4.79 Å². The highest BCUT2D eigenvalue weighted by molar-refractivity contribution is 14.1. The highest BCUT2D eigenvalue weighted by Crippen LogP contribution is 2.35. The largest absolute Gasteiger partial charge is 0.497 e. The summed E-state index contributed by atoms with van der Waals surface area (Å²) in [5.74, 6) is 0.972. The molecule has 2 aromatic rings. The Balaban J connectivity index is 2.25. The lowest BCUT2D eigenvalue weighted by Crippen LogP contribution is -2.03. The SMILES string of the molecule is CCOC(=O)c1sc(NCc2ccc(OC)cc2OC)c(C#N)c1I. The van der Waals surface area contributed by atoms with Crippen molar-refractivity contribution in [3.8, 4) is 17.6 Å². The second kappa shape index (κ2) is 8.92. The molecule has 0 saturated carbocycles. The quantitative estimate of drug-likeness (QED) is 0.484. The van der Waals surface area contributed by atoms with Gasteiger partial charge in [0.15, 0.2) is 0 Å². The average Bonchev–Trinajstić information content (AvgIpc) is 2.95. The van der Waals surface area contributed by atoms with E-state index in [2.05, 4.69) is 11.4 Å². The lowest BCUT2D eigenvalue weighted by Gasteiger charge is -2.11. The van der Waals surface area contributed by atoms with Crippen LogP contribution in [0.1, 0.15) is 27.7 Å². The normalized spacial score (nSPS) is 10.0. The smallest absolute Gasteiger partial charge is 0.349 e. The van der Waals surface area contributed by atoms with Crippen LogP contribution in [0.5, 0.6) is 11.5 Å². The molecule has 0 atom stereocenters. The summed E-state index contributed by atoms with van der Waals surface area (Å²) >= 11 is 3.22. The summed E-state index contributed by atoms with van der Waals surface area (Å²) in [7, 11) is 3.18. The fourth-order valence-electron chi connectivity index (χ4n) is 2.14. The molecule has 1 heterocycles. The summed E-state index contributed by atoms with van der Waals surface area (Å²) in [6.07, 6.45) is 0. The van der Waals surface area contributed by atoms with Gasteiger partial charge < -0.3 is 19.5 Å². The number of nitrogens with one attached hydrogen (secondary N) is 1. The van der Waals surface area contributed by atoms with E-state index in [0.29, 0.717) is 43.7 Å². The molecule has 1 aromatic heterocycles. The Bertz CT molecular complexity index is 814. The van der Waals surface area contributed by atoms with Gasteiger partial charge in [-0.3, -0.25) is 0 Å². The topological polar surface area (TPSA) is 80.6 Å². The van der Waals surface area contributed by atoms with Gasteiger partial charge >= 0.3 is 5.97 Å². The number of rotatable bonds is 7. The van der Waals surface area contributed by atoms with Crippen molar-refractivity contribution in [3.05, 3.63) is 37.8 Å². The van der Waals surface area contributed by atoms with Crippen LogP contribution in [0.15, 0.2) is 18.2 Å². The average molecular weight is 472 g/mol. The lowest BCUT2D eigenvalue weighted by molar-refractivity contribution is 0.0531. The van der Waals surface area contributed by atoms with Crippen molar-refractivity contribution < 1.29 is 19.0 Å². The van der Waals surface area contributed by atoms with Gasteiger partial charge in [-0.2, -0.15) is 5.26 Å². The Morgan fingerprint density at radius 2 is 2.12 bits per heavy atom. The molecule has 0 aliphatic heterocycles. The van der Waals surface area contributed by atoms with E-state index in [0.717, 1.165) is 5.56 Å². The van der Waals surface area contributed by atoms with E-state index in [-0.39, 0.29) is 0 Å². The van der Waals surface area contributed by atoms with E-state index >= 15 is 0 Å². The number of hydrogen-bond donors (Lipinski definition) is 1. The van der Waals surface area contributed by atoms with E-state index in [9.17, 15) is 10.1 Å². The van der Waals surface area contributed by atoms with Crippen LogP contribution in [0.3, 0.4) is 0 Å². The number of carbonyl (C=O) groups excluding carboxylic acids is 1. The second-order valence-corrected chi connectivity index (χ2v) is 6.91. The van der Waals surface area contributed by atoms with Gasteiger partial charge in [0.25, 0.3) is 0 Å². The molecule has 1 aromatic carbocycles.